The van der Waals surface area contributed by atoms with Gasteiger partial charge in [-0.15, -0.1) is 0 Å². The van der Waals surface area contributed by atoms with E-state index >= 15 is 0 Å². The van der Waals surface area contributed by atoms with Gasteiger partial charge in [0.15, 0.2) is 6.10 Å². The molecule has 0 heterocycles. The average molecular weight is 1030 g/mol. The number of carbonyl (C=O) groups excluding carboxylic acids is 3. The number of rotatable bonds is 57. The largest absolute Gasteiger partial charge is 0.462 e. The zero-order valence-corrected chi connectivity index (χ0v) is 48.8. The monoisotopic (exact) mass is 1030 g/mol. The minimum atomic E-state index is -0.820. The highest BCUT2D eigenvalue weighted by molar-refractivity contribution is 5.71. The number of unbranched alkanes of at least 4 members (excludes halogenated alkanes) is 32. The maximum Gasteiger partial charge on any atom is 0.306 e. The van der Waals surface area contributed by atoms with Crippen LogP contribution >= 0.6 is 0 Å². The summed E-state index contributed by atoms with van der Waals surface area (Å²) in [7, 11) is 0. The van der Waals surface area contributed by atoms with Crippen LogP contribution in [0, 0.1) is 0 Å². The van der Waals surface area contributed by atoms with E-state index in [1.807, 2.05) is 6.08 Å². The Hall–Kier alpha value is -3.41. The number of allylic oxidation sites excluding steroid dienone is 14. The summed E-state index contributed by atoms with van der Waals surface area (Å²) >= 11 is 0. The quantitative estimate of drug-likeness (QED) is 0.0261. The van der Waals surface area contributed by atoms with Crippen LogP contribution in [0.5, 0.6) is 0 Å². The van der Waals surface area contributed by atoms with Crippen LogP contribution in [0.3, 0.4) is 0 Å². The van der Waals surface area contributed by atoms with Crippen molar-refractivity contribution in [1.82, 2.24) is 0 Å². The molecule has 0 saturated heterocycles. The standard InChI is InChI=1S/C68H118O6/c1-4-7-10-13-16-19-22-25-27-29-31-32-33-34-35-37-38-40-43-46-49-52-55-58-61-67(70)73-64-65(63-72-66(69)60-57-54-51-48-45-42-24-21-18-15-12-9-6-3)74-68(71)62-59-56-53-50-47-44-41-39-36-30-28-26-23-20-17-14-11-8-5-2/h8,11,17,20-21,24,26,28,36,39,44,47,53,56,65H,4-7,9-10,12-16,18-19,22-23,25,27,29-35,37-38,40-43,45-46,48-52,54-55,57-64H2,1-3H3/b11-8-,20-17-,24-21-,28-26-,39-36-,47-44-,56-53-. The van der Waals surface area contributed by atoms with E-state index in [1.54, 1.807) is 0 Å². The molecule has 0 spiro atoms. The molecule has 0 aromatic carbocycles. The highest BCUT2D eigenvalue weighted by Gasteiger charge is 2.19. The van der Waals surface area contributed by atoms with Crippen LogP contribution in [-0.2, 0) is 28.6 Å². The predicted molar refractivity (Wildman–Crippen MR) is 321 cm³/mol. The normalized spacial score (nSPS) is 12.6. The van der Waals surface area contributed by atoms with Gasteiger partial charge >= 0.3 is 17.9 Å². The molecule has 6 heteroatoms. The molecule has 0 aromatic heterocycles. The lowest BCUT2D eigenvalue weighted by Crippen LogP contribution is -2.30. The Balaban J connectivity index is 4.38. The van der Waals surface area contributed by atoms with Crippen LogP contribution in [0.25, 0.3) is 0 Å². The molecule has 0 aliphatic carbocycles. The fourth-order valence-electron chi connectivity index (χ4n) is 8.94. The van der Waals surface area contributed by atoms with Gasteiger partial charge in [-0.3, -0.25) is 14.4 Å². The summed E-state index contributed by atoms with van der Waals surface area (Å²) in [4.78, 5) is 38.2. The summed E-state index contributed by atoms with van der Waals surface area (Å²) in [6, 6.07) is 0. The van der Waals surface area contributed by atoms with Crippen LogP contribution < -0.4 is 0 Å². The van der Waals surface area contributed by atoms with Crippen molar-refractivity contribution in [1.29, 1.82) is 0 Å². The summed E-state index contributed by atoms with van der Waals surface area (Å²) in [6.07, 6.45) is 81.8. The van der Waals surface area contributed by atoms with Crippen molar-refractivity contribution >= 4 is 17.9 Å². The van der Waals surface area contributed by atoms with Gasteiger partial charge in [0.2, 0.25) is 0 Å². The zero-order valence-electron chi connectivity index (χ0n) is 48.8. The third-order valence-corrected chi connectivity index (χ3v) is 13.6. The highest BCUT2D eigenvalue weighted by Crippen LogP contribution is 2.17. The fraction of sp³-hybridized carbons (Fsp3) is 0.750. The summed E-state index contributed by atoms with van der Waals surface area (Å²) in [5.41, 5.74) is 0. The Bertz CT molecular complexity index is 1420. The lowest BCUT2D eigenvalue weighted by atomic mass is 10.0. The molecule has 0 aliphatic heterocycles. The third kappa shape index (κ3) is 59.5. The summed E-state index contributed by atoms with van der Waals surface area (Å²) in [5.74, 6) is -0.990. The molecular formula is C68H118O6. The van der Waals surface area contributed by atoms with Gasteiger partial charge in [-0.05, 0) is 83.5 Å². The van der Waals surface area contributed by atoms with E-state index in [0.29, 0.717) is 19.3 Å². The molecule has 0 bridgehead atoms. The van der Waals surface area contributed by atoms with E-state index in [0.717, 1.165) is 89.9 Å². The fourth-order valence-corrected chi connectivity index (χ4v) is 8.94. The second-order valence-corrected chi connectivity index (χ2v) is 20.9. The minimum Gasteiger partial charge on any atom is -0.462 e. The smallest absolute Gasteiger partial charge is 0.306 e. The first-order chi connectivity index (χ1) is 36.5. The molecule has 0 saturated carbocycles. The van der Waals surface area contributed by atoms with Gasteiger partial charge in [-0.25, -0.2) is 0 Å². The van der Waals surface area contributed by atoms with Crippen LogP contribution in [-0.4, -0.2) is 37.2 Å². The van der Waals surface area contributed by atoms with Gasteiger partial charge in [-0.1, -0.05) is 292 Å². The van der Waals surface area contributed by atoms with Gasteiger partial charge in [0.25, 0.3) is 0 Å². The number of esters is 3. The van der Waals surface area contributed by atoms with Crippen LogP contribution in [0.4, 0.5) is 0 Å². The first-order valence-corrected chi connectivity index (χ1v) is 31.6. The number of carbonyl (C=O) groups is 3. The molecule has 74 heavy (non-hydrogen) atoms. The van der Waals surface area contributed by atoms with Crippen molar-refractivity contribution in [3.63, 3.8) is 0 Å². The topological polar surface area (TPSA) is 78.9 Å². The molecule has 0 fully saturated rings. The van der Waals surface area contributed by atoms with Crippen LogP contribution in [0.2, 0.25) is 0 Å². The first kappa shape index (κ1) is 70.6. The van der Waals surface area contributed by atoms with E-state index in [1.165, 1.54) is 173 Å². The molecule has 6 nitrogen and oxygen atoms in total. The van der Waals surface area contributed by atoms with Crippen molar-refractivity contribution in [3.8, 4) is 0 Å². The van der Waals surface area contributed by atoms with E-state index in [2.05, 4.69) is 99.8 Å². The number of hydrogen-bond acceptors (Lipinski definition) is 6. The number of hydrogen-bond donors (Lipinski definition) is 0. The Morgan fingerprint density at radius 2 is 0.554 bits per heavy atom. The van der Waals surface area contributed by atoms with Gasteiger partial charge in [-0.2, -0.15) is 0 Å². The van der Waals surface area contributed by atoms with E-state index in [-0.39, 0.29) is 31.6 Å². The second kappa shape index (κ2) is 62.1. The lowest BCUT2D eigenvalue weighted by molar-refractivity contribution is -0.166. The average Bonchev–Trinajstić information content (AvgIpc) is 3.40. The maximum atomic E-state index is 12.9. The van der Waals surface area contributed by atoms with Crippen molar-refractivity contribution in [2.24, 2.45) is 0 Å². The SMILES string of the molecule is CC/C=C\C/C=C\C/C=C\C/C=C\C/C=C\C/C=C\CCC(=O)OC(COC(=O)CCCCCCC/C=C\CCCCCC)COC(=O)CCCCCCCCCCCCCCCCCCCCCCCCCC. The van der Waals surface area contributed by atoms with E-state index in [4.69, 9.17) is 14.2 Å². The molecule has 0 aliphatic rings. The Labute approximate surface area is 458 Å². The van der Waals surface area contributed by atoms with Crippen LogP contribution in [0.1, 0.15) is 310 Å². The molecule has 0 radical (unpaired) electrons. The van der Waals surface area contributed by atoms with Gasteiger partial charge in [0.05, 0.1) is 0 Å². The minimum absolute atomic E-state index is 0.107. The molecule has 1 atom stereocenters. The van der Waals surface area contributed by atoms with Crippen molar-refractivity contribution < 1.29 is 28.6 Å². The van der Waals surface area contributed by atoms with E-state index in [9.17, 15) is 14.4 Å². The van der Waals surface area contributed by atoms with Gasteiger partial charge < -0.3 is 14.2 Å². The lowest BCUT2D eigenvalue weighted by Gasteiger charge is -2.18. The predicted octanol–water partition coefficient (Wildman–Crippen LogP) is 21.5. The van der Waals surface area contributed by atoms with Gasteiger partial charge in [0.1, 0.15) is 13.2 Å². The number of ether oxygens (including phenoxy) is 3. The van der Waals surface area contributed by atoms with Gasteiger partial charge in [0, 0.05) is 19.3 Å². The first-order valence-electron chi connectivity index (χ1n) is 31.6. The maximum absolute atomic E-state index is 12.9. The highest BCUT2D eigenvalue weighted by atomic mass is 16.6. The zero-order chi connectivity index (χ0) is 53.6. The third-order valence-electron chi connectivity index (χ3n) is 13.6. The summed E-state index contributed by atoms with van der Waals surface area (Å²) < 4.78 is 16.8. The second-order valence-electron chi connectivity index (χ2n) is 20.9. The Morgan fingerprint density at radius 1 is 0.284 bits per heavy atom. The molecule has 426 valence electrons. The molecule has 0 N–H and O–H groups in total. The van der Waals surface area contributed by atoms with Crippen molar-refractivity contribution in [3.05, 3.63) is 85.1 Å². The molecular weight excluding hydrogens is 913 g/mol. The van der Waals surface area contributed by atoms with Crippen molar-refractivity contribution in [2.75, 3.05) is 13.2 Å². The molecule has 0 amide bonds. The van der Waals surface area contributed by atoms with E-state index < -0.39 is 12.1 Å². The molecule has 0 rings (SSSR count). The molecule has 1 unspecified atom stereocenters. The molecule has 0 aromatic rings. The van der Waals surface area contributed by atoms with Crippen LogP contribution in [0.15, 0.2) is 85.1 Å². The summed E-state index contributed by atoms with van der Waals surface area (Å²) in [5, 5.41) is 0. The summed E-state index contributed by atoms with van der Waals surface area (Å²) in [6.45, 7) is 6.48. The Morgan fingerprint density at radius 3 is 0.892 bits per heavy atom. The Kier molecular flexibility index (Phi) is 59.3. The van der Waals surface area contributed by atoms with Crippen molar-refractivity contribution in [2.45, 2.75) is 316 Å².